The van der Waals surface area contributed by atoms with Crippen molar-refractivity contribution in [3.63, 3.8) is 0 Å². The molecule has 0 saturated carbocycles. The van der Waals surface area contributed by atoms with E-state index in [4.69, 9.17) is 11.6 Å². The van der Waals surface area contributed by atoms with Gasteiger partial charge >= 0.3 is 6.03 Å². The summed E-state index contributed by atoms with van der Waals surface area (Å²) in [7, 11) is 0. The highest BCUT2D eigenvalue weighted by atomic mass is 35.5. The molecule has 28 heavy (non-hydrogen) atoms. The molecule has 0 aromatic heterocycles. The van der Waals surface area contributed by atoms with E-state index in [1.54, 1.807) is 31.2 Å². The highest BCUT2D eigenvalue weighted by Crippen LogP contribution is 2.30. The van der Waals surface area contributed by atoms with Crippen LogP contribution >= 0.6 is 11.6 Å². The third-order valence-electron chi connectivity index (χ3n) is 5.38. The summed E-state index contributed by atoms with van der Waals surface area (Å²) >= 11 is 5.90. The molecular formula is C21H20ClN3O3. The molecule has 0 bridgehead atoms. The molecule has 1 atom stereocenters. The van der Waals surface area contributed by atoms with Crippen molar-refractivity contribution in [3.8, 4) is 0 Å². The van der Waals surface area contributed by atoms with Gasteiger partial charge in [-0.15, -0.1) is 0 Å². The van der Waals surface area contributed by atoms with Crippen LogP contribution in [0.25, 0.3) is 0 Å². The van der Waals surface area contributed by atoms with E-state index < -0.39 is 23.4 Å². The second-order valence-corrected chi connectivity index (χ2v) is 7.77. The Morgan fingerprint density at radius 1 is 1.14 bits per heavy atom. The molecule has 6 nitrogen and oxygen atoms in total. The van der Waals surface area contributed by atoms with Crippen molar-refractivity contribution in [2.75, 3.05) is 11.9 Å². The van der Waals surface area contributed by atoms with E-state index in [1.165, 1.54) is 11.1 Å². The van der Waals surface area contributed by atoms with E-state index in [-0.39, 0.29) is 6.54 Å². The van der Waals surface area contributed by atoms with E-state index in [1.807, 2.05) is 18.2 Å². The van der Waals surface area contributed by atoms with Crippen molar-refractivity contribution in [2.24, 2.45) is 0 Å². The smallest absolute Gasteiger partial charge is 0.325 e. The quantitative estimate of drug-likeness (QED) is 0.777. The first kappa shape index (κ1) is 18.5. The monoisotopic (exact) mass is 397 g/mol. The number of nitrogens with zero attached hydrogens (tertiary/aromatic N) is 1. The predicted molar refractivity (Wildman–Crippen MR) is 106 cm³/mol. The maximum Gasteiger partial charge on any atom is 0.325 e. The van der Waals surface area contributed by atoms with Crippen LogP contribution in [-0.2, 0) is 28.0 Å². The van der Waals surface area contributed by atoms with E-state index >= 15 is 0 Å². The normalized spacial score (nSPS) is 20.9. The van der Waals surface area contributed by atoms with Gasteiger partial charge in [0.15, 0.2) is 0 Å². The van der Waals surface area contributed by atoms with Gasteiger partial charge in [0.2, 0.25) is 5.91 Å². The summed E-state index contributed by atoms with van der Waals surface area (Å²) in [6, 6.07) is 11.9. The summed E-state index contributed by atoms with van der Waals surface area (Å²) in [5.74, 6) is -0.884. The lowest BCUT2D eigenvalue weighted by atomic mass is 9.92. The largest absolute Gasteiger partial charge is 0.325 e. The van der Waals surface area contributed by atoms with Gasteiger partial charge in [0, 0.05) is 10.7 Å². The number of rotatable bonds is 4. The van der Waals surface area contributed by atoms with Crippen LogP contribution in [0.2, 0.25) is 5.02 Å². The summed E-state index contributed by atoms with van der Waals surface area (Å²) in [6.07, 6.45) is 3.19. The number of hydrogen-bond acceptors (Lipinski definition) is 3. The number of nitrogens with one attached hydrogen (secondary N) is 2. The van der Waals surface area contributed by atoms with E-state index in [2.05, 4.69) is 10.6 Å². The van der Waals surface area contributed by atoms with E-state index in [0.29, 0.717) is 16.3 Å². The number of imide groups is 1. The van der Waals surface area contributed by atoms with Crippen molar-refractivity contribution < 1.29 is 14.4 Å². The molecule has 1 aliphatic carbocycles. The van der Waals surface area contributed by atoms with Crippen molar-refractivity contribution in [2.45, 2.75) is 31.7 Å². The van der Waals surface area contributed by atoms with E-state index in [0.717, 1.165) is 24.2 Å². The second-order valence-electron chi connectivity index (χ2n) is 7.34. The van der Waals surface area contributed by atoms with Crippen LogP contribution in [0.5, 0.6) is 0 Å². The van der Waals surface area contributed by atoms with Crippen molar-refractivity contribution in [3.05, 3.63) is 64.2 Å². The highest BCUT2D eigenvalue weighted by Gasteiger charge is 2.49. The van der Waals surface area contributed by atoms with Gasteiger partial charge in [-0.1, -0.05) is 29.8 Å². The van der Waals surface area contributed by atoms with Crippen molar-refractivity contribution in [1.82, 2.24) is 10.2 Å². The number of carbonyl (C=O) groups is 3. The van der Waals surface area contributed by atoms with Gasteiger partial charge in [-0.3, -0.25) is 14.5 Å². The Morgan fingerprint density at radius 3 is 2.61 bits per heavy atom. The molecule has 144 valence electrons. The summed E-state index contributed by atoms with van der Waals surface area (Å²) in [6.45, 7) is 1.28. The number of carbonyl (C=O) groups excluding carboxylic acids is 3. The lowest BCUT2D eigenvalue weighted by Crippen LogP contribution is -2.42. The molecule has 7 heteroatoms. The van der Waals surface area contributed by atoms with E-state index in [9.17, 15) is 14.4 Å². The molecular weight excluding hydrogens is 378 g/mol. The van der Waals surface area contributed by atoms with Crippen LogP contribution in [0, 0.1) is 0 Å². The molecule has 4 rings (SSSR count). The lowest BCUT2D eigenvalue weighted by Gasteiger charge is -2.22. The van der Waals surface area contributed by atoms with Crippen molar-refractivity contribution in [1.29, 1.82) is 0 Å². The molecule has 2 N–H and O–H groups in total. The average molecular weight is 398 g/mol. The van der Waals surface area contributed by atoms with Gasteiger partial charge in [-0.05, 0) is 67.1 Å². The van der Waals surface area contributed by atoms with Crippen LogP contribution in [0.3, 0.4) is 0 Å². The second kappa shape index (κ2) is 6.95. The zero-order valence-electron chi connectivity index (χ0n) is 15.4. The third-order valence-corrected chi connectivity index (χ3v) is 5.63. The lowest BCUT2D eigenvalue weighted by molar-refractivity contribution is -0.133. The fourth-order valence-electron chi connectivity index (χ4n) is 3.81. The molecule has 1 fully saturated rings. The van der Waals surface area contributed by atoms with Crippen LogP contribution < -0.4 is 10.6 Å². The molecule has 1 heterocycles. The standard InChI is InChI=1S/C21H20ClN3O3/c1-21(15-6-8-16(22)9-7-15)19(27)25(20(28)24-21)12-18(26)23-17-10-5-13-3-2-4-14(13)11-17/h5-11H,2-4,12H2,1H3,(H,23,26)(H,24,28). The topological polar surface area (TPSA) is 78.5 Å². The van der Waals surface area contributed by atoms with Gasteiger partial charge in [0.25, 0.3) is 5.91 Å². The number of benzene rings is 2. The number of urea groups is 1. The Labute approximate surface area is 167 Å². The fraction of sp³-hybridized carbons (Fsp3) is 0.286. The number of amides is 4. The zero-order chi connectivity index (χ0) is 19.9. The Hall–Kier alpha value is -2.86. The molecule has 2 aromatic carbocycles. The first-order valence-corrected chi connectivity index (χ1v) is 9.56. The number of fused-ring (bicyclic) bond motifs is 1. The zero-order valence-corrected chi connectivity index (χ0v) is 16.2. The Bertz CT molecular complexity index is 973. The minimum absolute atomic E-state index is 0.342. The van der Waals surface area contributed by atoms with Gasteiger partial charge in [0.1, 0.15) is 12.1 Å². The van der Waals surface area contributed by atoms with Crippen LogP contribution in [0.15, 0.2) is 42.5 Å². The molecule has 2 aliphatic rings. The number of anilines is 1. The Kier molecular flexibility index (Phi) is 4.59. The maximum atomic E-state index is 12.9. The molecule has 0 spiro atoms. The Balaban J connectivity index is 1.47. The number of hydrogen-bond donors (Lipinski definition) is 2. The fourth-order valence-corrected chi connectivity index (χ4v) is 3.94. The molecule has 2 aromatic rings. The first-order chi connectivity index (χ1) is 13.4. The molecule has 1 aliphatic heterocycles. The molecule has 1 unspecified atom stereocenters. The summed E-state index contributed by atoms with van der Waals surface area (Å²) in [5.41, 5.74) is 2.61. The minimum atomic E-state index is -1.23. The SMILES string of the molecule is CC1(c2ccc(Cl)cc2)NC(=O)N(CC(=O)Nc2ccc3c(c2)CCC3)C1=O. The van der Waals surface area contributed by atoms with Crippen LogP contribution in [-0.4, -0.2) is 29.3 Å². The molecule has 0 radical (unpaired) electrons. The van der Waals surface area contributed by atoms with Crippen LogP contribution in [0.1, 0.15) is 30.0 Å². The van der Waals surface area contributed by atoms with Crippen molar-refractivity contribution >= 4 is 35.1 Å². The van der Waals surface area contributed by atoms with Crippen LogP contribution in [0.4, 0.5) is 10.5 Å². The van der Waals surface area contributed by atoms with Gasteiger partial charge in [0.05, 0.1) is 0 Å². The Morgan fingerprint density at radius 2 is 1.86 bits per heavy atom. The average Bonchev–Trinajstić information content (AvgIpc) is 3.21. The van der Waals surface area contributed by atoms with Gasteiger partial charge < -0.3 is 10.6 Å². The highest BCUT2D eigenvalue weighted by molar-refractivity contribution is 6.30. The molecule has 1 saturated heterocycles. The number of aryl methyl sites for hydroxylation is 2. The predicted octanol–water partition coefficient (Wildman–Crippen LogP) is 3.23. The summed E-state index contributed by atoms with van der Waals surface area (Å²) in [4.78, 5) is 38.7. The third kappa shape index (κ3) is 3.24. The summed E-state index contributed by atoms with van der Waals surface area (Å²) in [5, 5.41) is 6.00. The molecule has 4 amide bonds. The first-order valence-electron chi connectivity index (χ1n) is 9.18. The van der Waals surface area contributed by atoms with Gasteiger partial charge in [-0.25, -0.2) is 4.79 Å². The minimum Gasteiger partial charge on any atom is -0.325 e. The van der Waals surface area contributed by atoms with Gasteiger partial charge in [-0.2, -0.15) is 0 Å². The number of halogens is 1. The summed E-state index contributed by atoms with van der Waals surface area (Å²) < 4.78 is 0. The maximum absolute atomic E-state index is 12.9.